The van der Waals surface area contributed by atoms with E-state index in [0.717, 1.165) is 22.7 Å². The molecule has 222 valence electrons. The van der Waals surface area contributed by atoms with Crippen LogP contribution in [0.2, 0.25) is 10.0 Å². The molecule has 0 radical (unpaired) electrons. The summed E-state index contributed by atoms with van der Waals surface area (Å²) in [7, 11) is -3.90. The predicted molar refractivity (Wildman–Crippen MR) is 159 cm³/mol. The van der Waals surface area contributed by atoms with Crippen molar-refractivity contribution in [1.29, 1.82) is 0 Å². The minimum atomic E-state index is -3.90. The zero-order valence-corrected chi connectivity index (χ0v) is 25.0. The van der Waals surface area contributed by atoms with Crippen molar-refractivity contribution in [3.05, 3.63) is 99.8 Å². The van der Waals surface area contributed by atoms with Crippen LogP contribution in [0.5, 0.6) is 0 Å². The molecule has 4 atom stereocenters. The molecule has 42 heavy (non-hydrogen) atoms. The molecule has 3 fully saturated rings. The second kappa shape index (κ2) is 11.8. The number of hydrogen-bond acceptors (Lipinski definition) is 5. The van der Waals surface area contributed by atoms with Gasteiger partial charge in [0.15, 0.2) is 6.10 Å². The van der Waals surface area contributed by atoms with E-state index in [4.69, 9.17) is 27.9 Å². The molecule has 2 aliphatic carbocycles. The number of sulfonamides is 1. The van der Waals surface area contributed by atoms with E-state index in [-0.39, 0.29) is 18.2 Å². The number of nitrogens with zero attached hydrogens (tertiary/aromatic N) is 2. The SMILES string of the molecule is O=C1C(CO)O[C@H](c2cccc(Cl)c2)[C@@H](c2ccc(Cl)cc2)N1[C@H](CN(c1ccccc1F)S(=O)(=O)C1CC1)C1CC1. The quantitative estimate of drug-likeness (QED) is 0.300. The topological polar surface area (TPSA) is 87.2 Å². The minimum absolute atomic E-state index is 0.0233. The van der Waals surface area contributed by atoms with Gasteiger partial charge in [-0.1, -0.05) is 59.6 Å². The minimum Gasteiger partial charge on any atom is -0.393 e. The largest absolute Gasteiger partial charge is 0.393 e. The van der Waals surface area contributed by atoms with E-state index in [1.165, 1.54) is 18.2 Å². The van der Waals surface area contributed by atoms with Gasteiger partial charge in [0.05, 0.1) is 36.2 Å². The number of benzene rings is 3. The Hall–Kier alpha value is -2.69. The first-order valence-corrected chi connectivity index (χ1v) is 16.3. The second-order valence-electron chi connectivity index (χ2n) is 11.2. The van der Waals surface area contributed by atoms with Gasteiger partial charge in [0.1, 0.15) is 11.9 Å². The molecule has 1 heterocycles. The average molecular weight is 634 g/mol. The Balaban J connectivity index is 1.49. The van der Waals surface area contributed by atoms with Crippen molar-refractivity contribution >= 4 is 44.8 Å². The fraction of sp³-hybridized carbons (Fsp3) is 0.387. The van der Waals surface area contributed by atoms with Gasteiger partial charge in [-0.15, -0.1) is 0 Å². The number of aliphatic hydroxyl groups is 1. The van der Waals surface area contributed by atoms with Crippen molar-refractivity contribution in [2.75, 3.05) is 17.5 Å². The van der Waals surface area contributed by atoms with Crippen LogP contribution in [0, 0.1) is 11.7 Å². The highest BCUT2D eigenvalue weighted by atomic mass is 35.5. The number of rotatable bonds is 10. The third-order valence-corrected chi connectivity index (χ3v) is 11.0. The highest BCUT2D eigenvalue weighted by Crippen LogP contribution is 2.48. The van der Waals surface area contributed by atoms with Crippen LogP contribution in [0.25, 0.3) is 0 Å². The molecule has 0 bridgehead atoms. The first kappa shape index (κ1) is 29.4. The van der Waals surface area contributed by atoms with E-state index in [9.17, 15) is 18.3 Å². The van der Waals surface area contributed by atoms with Gasteiger partial charge >= 0.3 is 0 Å². The summed E-state index contributed by atoms with van der Waals surface area (Å²) in [6.45, 7) is -0.685. The number of carbonyl (C=O) groups excluding carboxylic acids is 1. The first-order chi connectivity index (χ1) is 20.2. The van der Waals surface area contributed by atoms with Gasteiger partial charge in [-0.3, -0.25) is 9.10 Å². The molecular weight excluding hydrogens is 602 g/mol. The molecule has 0 aromatic heterocycles. The van der Waals surface area contributed by atoms with Crippen LogP contribution in [-0.2, 0) is 19.6 Å². The summed E-state index contributed by atoms with van der Waals surface area (Å²) in [5, 5.41) is 10.7. The Morgan fingerprint density at radius 3 is 2.29 bits per heavy atom. The van der Waals surface area contributed by atoms with Gasteiger partial charge in [0.25, 0.3) is 5.91 Å². The van der Waals surface area contributed by atoms with Crippen LogP contribution in [0.3, 0.4) is 0 Å². The summed E-state index contributed by atoms with van der Waals surface area (Å²) in [6.07, 6.45) is 0.665. The number of carbonyl (C=O) groups is 1. The molecule has 1 N–H and O–H groups in total. The van der Waals surface area contributed by atoms with Crippen molar-refractivity contribution in [2.24, 2.45) is 5.92 Å². The number of halogens is 3. The molecule has 3 aliphatic rings. The lowest BCUT2D eigenvalue weighted by molar-refractivity contribution is -0.184. The molecule has 2 saturated carbocycles. The van der Waals surface area contributed by atoms with Crippen LogP contribution in [-0.4, -0.2) is 54.9 Å². The van der Waals surface area contributed by atoms with Gasteiger partial charge in [-0.2, -0.15) is 0 Å². The zero-order chi connectivity index (χ0) is 29.6. The lowest BCUT2D eigenvalue weighted by atomic mass is 9.89. The Morgan fingerprint density at radius 1 is 0.952 bits per heavy atom. The normalized spacial score (nSPS) is 23.6. The van der Waals surface area contributed by atoms with E-state index in [2.05, 4.69) is 0 Å². The molecule has 3 aromatic carbocycles. The number of amides is 1. The molecule has 1 amide bonds. The fourth-order valence-electron chi connectivity index (χ4n) is 5.84. The summed E-state index contributed by atoms with van der Waals surface area (Å²) in [6, 6.07) is 18.7. The maximum atomic E-state index is 15.2. The number of morpholine rings is 1. The number of anilines is 1. The summed E-state index contributed by atoms with van der Waals surface area (Å²) in [5.74, 6) is -1.13. The number of hydrogen-bond donors (Lipinski definition) is 1. The van der Waals surface area contributed by atoms with Crippen LogP contribution in [0.1, 0.15) is 49.0 Å². The third-order valence-electron chi connectivity index (χ3n) is 8.23. The highest BCUT2D eigenvalue weighted by Gasteiger charge is 2.52. The summed E-state index contributed by atoms with van der Waals surface area (Å²) >= 11 is 12.6. The Kier molecular flexibility index (Phi) is 8.24. The zero-order valence-electron chi connectivity index (χ0n) is 22.7. The van der Waals surface area contributed by atoms with Gasteiger partial charge in [0.2, 0.25) is 10.0 Å². The monoisotopic (exact) mass is 632 g/mol. The van der Waals surface area contributed by atoms with Gasteiger partial charge in [-0.25, -0.2) is 12.8 Å². The van der Waals surface area contributed by atoms with E-state index in [1.807, 2.05) is 18.2 Å². The number of aliphatic hydroxyl groups excluding tert-OH is 1. The third kappa shape index (κ3) is 5.77. The van der Waals surface area contributed by atoms with Gasteiger partial charge in [-0.05, 0) is 79.1 Å². The predicted octanol–water partition coefficient (Wildman–Crippen LogP) is 5.91. The van der Waals surface area contributed by atoms with E-state index < -0.39 is 57.9 Å². The van der Waals surface area contributed by atoms with Crippen molar-refractivity contribution in [2.45, 2.75) is 55.2 Å². The second-order valence-corrected chi connectivity index (χ2v) is 14.2. The van der Waals surface area contributed by atoms with E-state index in [1.54, 1.807) is 41.3 Å². The molecule has 6 rings (SSSR count). The molecule has 1 aliphatic heterocycles. The Labute approximate surface area is 254 Å². The number of ether oxygens (including phenoxy) is 1. The molecule has 3 aromatic rings. The summed E-state index contributed by atoms with van der Waals surface area (Å²) in [4.78, 5) is 15.8. The van der Waals surface area contributed by atoms with Gasteiger partial charge < -0.3 is 14.7 Å². The Bertz CT molecular complexity index is 1570. The lowest BCUT2D eigenvalue weighted by Crippen LogP contribution is -2.59. The van der Waals surface area contributed by atoms with Crippen molar-refractivity contribution < 1.29 is 27.4 Å². The Morgan fingerprint density at radius 2 is 1.67 bits per heavy atom. The maximum Gasteiger partial charge on any atom is 0.255 e. The molecule has 11 heteroatoms. The lowest BCUT2D eigenvalue weighted by Gasteiger charge is -2.49. The molecule has 7 nitrogen and oxygen atoms in total. The summed E-state index contributed by atoms with van der Waals surface area (Å²) < 4.78 is 50.2. The fourth-order valence-corrected chi connectivity index (χ4v) is 8.04. The molecule has 1 saturated heterocycles. The van der Waals surface area contributed by atoms with Crippen LogP contribution >= 0.6 is 23.2 Å². The van der Waals surface area contributed by atoms with Crippen molar-refractivity contribution in [1.82, 2.24) is 4.90 Å². The standard InChI is InChI=1S/C31H31Cl2FN2O5S/c32-22-12-10-20(11-13-22)29-30(21-4-3-5-23(33)16-21)41-28(18-37)31(38)36(29)27(19-8-9-19)17-35(42(39,40)24-14-15-24)26-7-2-1-6-25(26)34/h1-7,10-13,16,19,24,27-30,37H,8-9,14-15,17-18H2/t27-,28?,29-,30-/m1/s1. The molecular formula is C31H31Cl2FN2O5S. The van der Waals surface area contributed by atoms with E-state index in [0.29, 0.717) is 28.5 Å². The maximum absolute atomic E-state index is 15.2. The summed E-state index contributed by atoms with van der Waals surface area (Å²) in [5.41, 5.74) is 1.38. The highest BCUT2D eigenvalue weighted by molar-refractivity contribution is 7.93. The van der Waals surface area contributed by atoms with E-state index >= 15 is 4.39 Å². The number of para-hydroxylation sites is 1. The van der Waals surface area contributed by atoms with Gasteiger partial charge in [0, 0.05) is 10.0 Å². The van der Waals surface area contributed by atoms with Crippen LogP contribution in [0.4, 0.5) is 10.1 Å². The van der Waals surface area contributed by atoms with Crippen molar-refractivity contribution in [3.63, 3.8) is 0 Å². The molecule has 1 unspecified atom stereocenters. The average Bonchev–Trinajstić information content (AvgIpc) is 3.88. The van der Waals surface area contributed by atoms with Crippen LogP contribution in [0.15, 0.2) is 72.8 Å². The van der Waals surface area contributed by atoms with Crippen LogP contribution < -0.4 is 4.31 Å². The van der Waals surface area contributed by atoms with Crippen molar-refractivity contribution in [3.8, 4) is 0 Å². The smallest absolute Gasteiger partial charge is 0.255 e. The molecule has 0 spiro atoms. The first-order valence-electron chi connectivity index (χ1n) is 14.0.